The maximum absolute atomic E-state index is 12.7. The van der Waals surface area contributed by atoms with Crippen LogP contribution >= 0.6 is 0 Å². The van der Waals surface area contributed by atoms with E-state index in [4.69, 9.17) is 0 Å². The highest BCUT2D eigenvalue weighted by Gasteiger charge is 2.22. The minimum absolute atomic E-state index is 0.259. The van der Waals surface area contributed by atoms with Crippen LogP contribution in [0.3, 0.4) is 0 Å². The zero-order valence-corrected chi connectivity index (χ0v) is 16.4. The van der Waals surface area contributed by atoms with E-state index in [0.717, 1.165) is 45.1 Å². The fourth-order valence-electron chi connectivity index (χ4n) is 3.46. The molecular formula is C22H30N4O. The number of amides is 1. The number of piperazine rings is 1. The van der Waals surface area contributed by atoms with Gasteiger partial charge >= 0.3 is 0 Å². The third-order valence-electron chi connectivity index (χ3n) is 5.18. The monoisotopic (exact) mass is 366 g/mol. The van der Waals surface area contributed by atoms with Gasteiger partial charge in [0.05, 0.1) is 0 Å². The van der Waals surface area contributed by atoms with Gasteiger partial charge in [0.2, 0.25) is 5.91 Å². The van der Waals surface area contributed by atoms with Crippen molar-refractivity contribution in [1.82, 2.24) is 14.8 Å². The lowest BCUT2D eigenvalue weighted by Crippen LogP contribution is -2.49. The summed E-state index contributed by atoms with van der Waals surface area (Å²) in [6, 6.07) is 16.9. The fourth-order valence-corrected chi connectivity index (χ4v) is 3.46. The number of carbonyl (C=O) groups is 1. The third kappa shape index (κ3) is 5.54. The molecule has 2 heterocycles. The van der Waals surface area contributed by atoms with E-state index >= 15 is 0 Å². The standard InChI is InChI=1S/C22H30N4O/c1-19(2)26(18-20-8-4-3-5-9-20)13-11-22(27)25-16-14-24(15-17-25)21-10-6-7-12-23-21/h3-10,12,19H,11,13-18H2,1-2H3. The molecular weight excluding hydrogens is 336 g/mol. The number of anilines is 1. The molecule has 5 heteroatoms. The second-order valence-electron chi connectivity index (χ2n) is 7.36. The molecule has 1 aromatic heterocycles. The van der Waals surface area contributed by atoms with Gasteiger partial charge in [-0.2, -0.15) is 0 Å². The molecule has 1 saturated heterocycles. The molecule has 1 aliphatic rings. The maximum atomic E-state index is 12.7. The van der Waals surface area contributed by atoms with Crippen molar-refractivity contribution in [3.63, 3.8) is 0 Å². The molecule has 0 spiro atoms. The molecule has 1 amide bonds. The van der Waals surface area contributed by atoms with E-state index in [9.17, 15) is 4.79 Å². The molecule has 27 heavy (non-hydrogen) atoms. The van der Waals surface area contributed by atoms with Gasteiger partial charge < -0.3 is 9.80 Å². The number of benzene rings is 1. The van der Waals surface area contributed by atoms with Crippen LogP contribution in [-0.2, 0) is 11.3 Å². The Hall–Kier alpha value is -2.40. The van der Waals surface area contributed by atoms with Gasteiger partial charge in [0, 0.05) is 57.9 Å². The van der Waals surface area contributed by atoms with Crippen LogP contribution in [0.4, 0.5) is 5.82 Å². The number of carbonyl (C=O) groups excluding carboxylic acids is 1. The number of rotatable bonds is 7. The summed E-state index contributed by atoms with van der Waals surface area (Å²) in [5.74, 6) is 1.26. The number of nitrogens with zero attached hydrogens (tertiary/aromatic N) is 4. The van der Waals surface area contributed by atoms with Gasteiger partial charge in [-0.1, -0.05) is 36.4 Å². The van der Waals surface area contributed by atoms with Crippen molar-refractivity contribution < 1.29 is 4.79 Å². The molecule has 0 N–H and O–H groups in total. The molecule has 3 rings (SSSR count). The van der Waals surface area contributed by atoms with Crippen molar-refractivity contribution in [2.24, 2.45) is 0 Å². The molecule has 0 radical (unpaired) electrons. The smallest absolute Gasteiger partial charge is 0.223 e. The maximum Gasteiger partial charge on any atom is 0.223 e. The summed E-state index contributed by atoms with van der Waals surface area (Å²) in [7, 11) is 0. The van der Waals surface area contributed by atoms with Crippen molar-refractivity contribution in [1.29, 1.82) is 0 Å². The van der Waals surface area contributed by atoms with E-state index in [2.05, 4.69) is 52.9 Å². The number of hydrogen-bond donors (Lipinski definition) is 0. The summed E-state index contributed by atoms with van der Waals surface area (Å²) in [6.45, 7) is 9.32. The molecule has 0 bridgehead atoms. The Morgan fingerprint density at radius 1 is 1.04 bits per heavy atom. The third-order valence-corrected chi connectivity index (χ3v) is 5.18. The average molecular weight is 367 g/mol. The van der Waals surface area contributed by atoms with Crippen LogP contribution in [0.15, 0.2) is 54.7 Å². The summed E-state index contributed by atoms with van der Waals surface area (Å²) in [6.07, 6.45) is 2.40. The average Bonchev–Trinajstić information content (AvgIpc) is 2.72. The molecule has 5 nitrogen and oxygen atoms in total. The Morgan fingerprint density at radius 2 is 1.74 bits per heavy atom. The molecule has 0 unspecified atom stereocenters. The van der Waals surface area contributed by atoms with Gasteiger partial charge in [0.25, 0.3) is 0 Å². The van der Waals surface area contributed by atoms with E-state index in [1.165, 1.54) is 5.56 Å². The summed E-state index contributed by atoms with van der Waals surface area (Å²) in [5.41, 5.74) is 1.29. The summed E-state index contributed by atoms with van der Waals surface area (Å²) in [5, 5.41) is 0. The van der Waals surface area contributed by atoms with Crippen LogP contribution in [0.2, 0.25) is 0 Å². The fraction of sp³-hybridized carbons (Fsp3) is 0.455. The summed E-state index contributed by atoms with van der Waals surface area (Å²) < 4.78 is 0. The molecule has 0 aliphatic carbocycles. The number of aromatic nitrogens is 1. The Labute approximate surface area is 162 Å². The van der Waals surface area contributed by atoms with E-state index in [0.29, 0.717) is 12.5 Å². The van der Waals surface area contributed by atoms with Crippen molar-refractivity contribution >= 4 is 11.7 Å². The molecule has 0 atom stereocenters. The highest BCUT2D eigenvalue weighted by atomic mass is 16.2. The molecule has 1 aromatic carbocycles. The highest BCUT2D eigenvalue weighted by molar-refractivity contribution is 5.76. The first-order valence-electron chi connectivity index (χ1n) is 9.85. The molecule has 1 aliphatic heterocycles. The first-order valence-corrected chi connectivity index (χ1v) is 9.85. The zero-order chi connectivity index (χ0) is 19.1. The van der Waals surface area contributed by atoms with Crippen molar-refractivity contribution in [3.8, 4) is 0 Å². The van der Waals surface area contributed by atoms with Crippen LogP contribution in [0.25, 0.3) is 0 Å². The van der Waals surface area contributed by atoms with Crippen molar-refractivity contribution in [2.45, 2.75) is 32.9 Å². The number of pyridine rings is 1. The first-order chi connectivity index (χ1) is 13.1. The summed E-state index contributed by atoms with van der Waals surface area (Å²) in [4.78, 5) is 23.7. The lowest BCUT2D eigenvalue weighted by atomic mass is 10.1. The minimum Gasteiger partial charge on any atom is -0.353 e. The minimum atomic E-state index is 0.259. The quantitative estimate of drug-likeness (QED) is 0.755. The van der Waals surface area contributed by atoms with Crippen LogP contribution in [-0.4, -0.2) is 59.5 Å². The van der Waals surface area contributed by atoms with Gasteiger partial charge in [0.15, 0.2) is 0 Å². The van der Waals surface area contributed by atoms with E-state index < -0.39 is 0 Å². The summed E-state index contributed by atoms with van der Waals surface area (Å²) >= 11 is 0. The molecule has 144 valence electrons. The highest BCUT2D eigenvalue weighted by Crippen LogP contribution is 2.14. The van der Waals surface area contributed by atoms with Gasteiger partial charge in [-0.25, -0.2) is 4.98 Å². The van der Waals surface area contributed by atoms with E-state index in [1.807, 2.05) is 35.4 Å². The Morgan fingerprint density at radius 3 is 2.37 bits per heavy atom. The molecule has 2 aromatic rings. The van der Waals surface area contributed by atoms with Gasteiger partial charge in [-0.3, -0.25) is 9.69 Å². The van der Waals surface area contributed by atoms with Crippen LogP contribution in [0.1, 0.15) is 25.8 Å². The predicted molar refractivity (Wildman–Crippen MR) is 110 cm³/mol. The second-order valence-corrected chi connectivity index (χ2v) is 7.36. The van der Waals surface area contributed by atoms with Crippen LogP contribution in [0, 0.1) is 0 Å². The van der Waals surface area contributed by atoms with Crippen molar-refractivity contribution in [2.75, 3.05) is 37.6 Å². The Balaban J connectivity index is 1.47. The molecule has 1 fully saturated rings. The number of hydrogen-bond acceptors (Lipinski definition) is 4. The Kier molecular flexibility index (Phi) is 6.82. The van der Waals surface area contributed by atoms with E-state index in [1.54, 1.807) is 0 Å². The lowest BCUT2D eigenvalue weighted by Gasteiger charge is -2.36. The molecule has 0 saturated carbocycles. The van der Waals surface area contributed by atoms with Gasteiger partial charge in [-0.15, -0.1) is 0 Å². The zero-order valence-electron chi connectivity index (χ0n) is 16.4. The van der Waals surface area contributed by atoms with Crippen LogP contribution < -0.4 is 4.90 Å². The topological polar surface area (TPSA) is 39.7 Å². The Bertz CT molecular complexity index is 697. The largest absolute Gasteiger partial charge is 0.353 e. The second kappa shape index (κ2) is 9.51. The SMILES string of the molecule is CC(C)N(CCC(=O)N1CCN(c2ccccn2)CC1)Cc1ccccc1. The van der Waals surface area contributed by atoms with Gasteiger partial charge in [0.1, 0.15) is 5.82 Å². The van der Waals surface area contributed by atoms with Crippen molar-refractivity contribution in [3.05, 3.63) is 60.3 Å². The lowest BCUT2D eigenvalue weighted by molar-refractivity contribution is -0.132. The normalized spacial score (nSPS) is 14.8. The first kappa shape index (κ1) is 19.4. The predicted octanol–water partition coefficient (Wildman–Crippen LogP) is 3.03. The van der Waals surface area contributed by atoms with E-state index in [-0.39, 0.29) is 5.91 Å². The van der Waals surface area contributed by atoms with Gasteiger partial charge in [-0.05, 0) is 31.5 Å². The van der Waals surface area contributed by atoms with Crippen LogP contribution in [0.5, 0.6) is 0 Å².